The maximum absolute atomic E-state index is 9.72. The van der Waals surface area contributed by atoms with E-state index in [0.29, 0.717) is 11.4 Å². The minimum Gasteiger partial charge on any atom is -0.337 e. The van der Waals surface area contributed by atoms with Gasteiger partial charge in [-0.2, -0.15) is 5.26 Å². The van der Waals surface area contributed by atoms with E-state index in [9.17, 15) is 5.26 Å². The molecule has 0 bridgehead atoms. The normalized spacial score (nSPS) is 11.3. The first-order valence-electron chi connectivity index (χ1n) is 10.4. The van der Waals surface area contributed by atoms with Gasteiger partial charge in [0.1, 0.15) is 11.9 Å². The van der Waals surface area contributed by atoms with Gasteiger partial charge in [-0.3, -0.25) is 0 Å². The number of allylic oxidation sites excluding steroid dienone is 1. The number of nitriles is 1. The molecule has 4 aromatic carbocycles. The van der Waals surface area contributed by atoms with Crippen LogP contribution in [0.4, 0.5) is 17.1 Å². The molecule has 0 radical (unpaired) electrons. The molecule has 0 aliphatic rings. The zero-order chi connectivity index (χ0) is 21.8. The van der Waals surface area contributed by atoms with E-state index in [4.69, 9.17) is 0 Å². The number of fused-ring (bicyclic) bond motifs is 1. The van der Waals surface area contributed by atoms with Gasteiger partial charge in [0.15, 0.2) is 0 Å². The minimum absolute atomic E-state index is 0.497. The number of aromatic nitrogens is 2. The van der Waals surface area contributed by atoms with Crippen molar-refractivity contribution < 1.29 is 0 Å². The lowest BCUT2D eigenvalue weighted by molar-refractivity contribution is 1.27. The van der Waals surface area contributed by atoms with Crippen molar-refractivity contribution in [2.24, 2.45) is 0 Å². The SMILES string of the molecule is N#C/C(=C\c1ccc(N(c2ccccc2)c2ccccc2)cc1)c1nc2ccccc2[nH]1. The van der Waals surface area contributed by atoms with Gasteiger partial charge in [-0.25, -0.2) is 4.98 Å². The van der Waals surface area contributed by atoms with Crippen molar-refractivity contribution in [3.05, 3.63) is 121 Å². The molecule has 152 valence electrons. The molecule has 5 rings (SSSR count). The monoisotopic (exact) mass is 412 g/mol. The Morgan fingerprint density at radius 3 is 1.88 bits per heavy atom. The molecule has 0 aliphatic carbocycles. The van der Waals surface area contributed by atoms with Gasteiger partial charge in [0.05, 0.1) is 16.6 Å². The number of aromatic amines is 1. The van der Waals surface area contributed by atoms with Gasteiger partial charge >= 0.3 is 0 Å². The van der Waals surface area contributed by atoms with E-state index in [1.54, 1.807) is 0 Å². The first-order chi connectivity index (χ1) is 15.8. The first-order valence-corrected chi connectivity index (χ1v) is 10.4. The van der Waals surface area contributed by atoms with Gasteiger partial charge in [0.25, 0.3) is 0 Å². The summed E-state index contributed by atoms with van der Waals surface area (Å²) in [5, 5.41) is 9.72. The summed E-state index contributed by atoms with van der Waals surface area (Å²) in [4.78, 5) is 9.99. The molecule has 0 atom stereocenters. The molecule has 0 amide bonds. The second kappa shape index (κ2) is 8.63. The van der Waals surface area contributed by atoms with Gasteiger partial charge in [-0.15, -0.1) is 0 Å². The third-order valence-electron chi connectivity index (χ3n) is 5.26. The highest BCUT2D eigenvalue weighted by Crippen LogP contribution is 2.34. The average molecular weight is 412 g/mol. The van der Waals surface area contributed by atoms with Crippen molar-refractivity contribution in [2.75, 3.05) is 4.90 Å². The molecule has 0 spiro atoms. The highest BCUT2D eigenvalue weighted by atomic mass is 15.1. The number of hydrogen-bond donors (Lipinski definition) is 1. The number of benzene rings is 4. The van der Waals surface area contributed by atoms with Crippen LogP contribution in [0.15, 0.2) is 109 Å². The van der Waals surface area contributed by atoms with Crippen molar-refractivity contribution in [1.82, 2.24) is 9.97 Å². The first kappa shape index (κ1) is 19.3. The van der Waals surface area contributed by atoms with Crippen LogP contribution < -0.4 is 4.90 Å². The Morgan fingerprint density at radius 1 is 0.719 bits per heavy atom. The van der Waals surface area contributed by atoms with Gasteiger partial charge in [0, 0.05) is 17.1 Å². The zero-order valence-electron chi connectivity index (χ0n) is 17.3. The Balaban J connectivity index is 1.50. The second-order valence-corrected chi connectivity index (χ2v) is 7.37. The fourth-order valence-corrected chi connectivity index (χ4v) is 3.72. The molecule has 1 N–H and O–H groups in total. The van der Waals surface area contributed by atoms with Gasteiger partial charge in [-0.1, -0.05) is 60.7 Å². The molecule has 4 nitrogen and oxygen atoms in total. The highest BCUT2D eigenvalue weighted by molar-refractivity contribution is 5.90. The van der Waals surface area contributed by atoms with Gasteiger partial charge in [-0.05, 0) is 60.2 Å². The van der Waals surface area contributed by atoms with E-state index < -0.39 is 0 Å². The molecule has 1 aromatic heterocycles. The number of imidazole rings is 1. The second-order valence-electron chi connectivity index (χ2n) is 7.37. The summed E-state index contributed by atoms with van der Waals surface area (Å²) >= 11 is 0. The number of rotatable bonds is 5. The maximum atomic E-state index is 9.72. The molecule has 0 fully saturated rings. The third kappa shape index (κ3) is 3.88. The molecule has 4 heteroatoms. The van der Waals surface area contributed by atoms with Crippen molar-refractivity contribution in [3.8, 4) is 6.07 Å². The molecule has 0 saturated carbocycles. The molecule has 0 unspecified atom stereocenters. The van der Waals surface area contributed by atoms with Crippen LogP contribution in [0.5, 0.6) is 0 Å². The molecular weight excluding hydrogens is 392 g/mol. The van der Waals surface area contributed by atoms with Crippen LogP contribution in [0.2, 0.25) is 0 Å². The van der Waals surface area contributed by atoms with Crippen LogP contribution in [0.1, 0.15) is 11.4 Å². The number of nitrogens with zero attached hydrogens (tertiary/aromatic N) is 3. The Bertz CT molecular complexity index is 1340. The predicted octanol–water partition coefficient (Wildman–Crippen LogP) is 7.10. The standard InChI is InChI=1S/C28H20N4/c29-20-22(28-30-26-13-7-8-14-27(26)31-28)19-21-15-17-25(18-16-21)32(23-9-3-1-4-10-23)24-11-5-2-6-12-24/h1-19H,(H,30,31)/b22-19+. The molecule has 0 saturated heterocycles. The van der Waals surface area contributed by atoms with Crippen LogP contribution in [0.25, 0.3) is 22.7 Å². The van der Waals surface area contributed by atoms with E-state index in [1.165, 1.54) is 0 Å². The summed E-state index contributed by atoms with van der Waals surface area (Å²) in [5.41, 5.74) is 6.41. The van der Waals surface area contributed by atoms with Crippen molar-refractivity contribution >= 4 is 39.7 Å². The zero-order valence-corrected chi connectivity index (χ0v) is 17.3. The molecule has 1 heterocycles. The predicted molar refractivity (Wildman–Crippen MR) is 131 cm³/mol. The highest BCUT2D eigenvalue weighted by Gasteiger charge is 2.12. The van der Waals surface area contributed by atoms with Gasteiger partial charge in [0.2, 0.25) is 0 Å². The smallest absolute Gasteiger partial charge is 0.149 e. The van der Waals surface area contributed by atoms with Crippen LogP contribution in [0, 0.1) is 11.3 Å². The summed E-state index contributed by atoms with van der Waals surface area (Å²) in [6, 6.07) is 38.8. The van der Waals surface area contributed by atoms with E-state index >= 15 is 0 Å². The van der Waals surface area contributed by atoms with Crippen molar-refractivity contribution in [3.63, 3.8) is 0 Å². The van der Waals surface area contributed by atoms with Crippen molar-refractivity contribution in [2.45, 2.75) is 0 Å². The lowest BCUT2D eigenvalue weighted by Gasteiger charge is -2.25. The number of hydrogen-bond acceptors (Lipinski definition) is 3. The molecule has 32 heavy (non-hydrogen) atoms. The van der Waals surface area contributed by atoms with E-state index in [2.05, 4.69) is 57.3 Å². The lowest BCUT2D eigenvalue weighted by Crippen LogP contribution is -2.09. The van der Waals surface area contributed by atoms with Crippen molar-refractivity contribution in [1.29, 1.82) is 5.26 Å². The molecule has 5 aromatic rings. The Kier molecular flexibility index (Phi) is 5.22. The van der Waals surface area contributed by atoms with E-state index in [1.807, 2.05) is 78.9 Å². The van der Waals surface area contributed by atoms with E-state index in [-0.39, 0.29) is 0 Å². The molecular formula is C28H20N4. The summed E-state index contributed by atoms with van der Waals surface area (Å²) in [5.74, 6) is 0.577. The van der Waals surface area contributed by atoms with Gasteiger partial charge < -0.3 is 9.88 Å². The van der Waals surface area contributed by atoms with Crippen LogP contribution in [0.3, 0.4) is 0 Å². The summed E-state index contributed by atoms with van der Waals surface area (Å²) in [6.45, 7) is 0. The fraction of sp³-hybridized carbons (Fsp3) is 0. The number of H-pyrrole nitrogens is 1. The Morgan fingerprint density at radius 2 is 1.28 bits per heavy atom. The Labute approximate surface area is 186 Å². The van der Waals surface area contributed by atoms with E-state index in [0.717, 1.165) is 33.7 Å². The number of anilines is 3. The Hall–Kier alpha value is -4.62. The molecule has 0 aliphatic heterocycles. The maximum Gasteiger partial charge on any atom is 0.149 e. The minimum atomic E-state index is 0.497. The topological polar surface area (TPSA) is 55.7 Å². The fourth-order valence-electron chi connectivity index (χ4n) is 3.72. The lowest BCUT2D eigenvalue weighted by atomic mass is 10.1. The summed E-state index contributed by atoms with van der Waals surface area (Å²) in [7, 11) is 0. The number of nitrogens with one attached hydrogen (secondary N) is 1. The van der Waals surface area contributed by atoms with Crippen LogP contribution >= 0.6 is 0 Å². The summed E-state index contributed by atoms with van der Waals surface area (Å²) < 4.78 is 0. The largest absolute Gasteiger partial charge is 0.337 e. The quantitative estimate of drug-likeness (QED) is 0.313. The average Bonchev–Trinajstić information content (AvgIpc) is 3.29. The number of para-hydroxylation sites is 4. The summed E-state index contributed by atoms with van der Waals surface area (Å²) in [6.07, 6.45) is 1.86. The third-order valence-corrected chi connectivity index (χ3v) is 5.26. The van der Waals surface area contributed by atoms with Crippen LogP contribution in [-0.4, -0.2) is 9.97 Å². The van der Waals surface area contributed by atoms with Crippen LogP contribution in [-0.2, 0) is 0 Å².